The van der Waals surface area contributed by atoms with Crippen molar-refractivity contribution < 1.29 is 9.21 Å². The molecular formula is C20H14Cl2O2. The number of carbonyl (C=O) groups is 1. The molecule has 24 heavy (non-hydrogen) atoms. The number of ketones is 1. The number of aryl methyl sites for hydroxylation is 1. The van der Waals surface area contributed by atoms with Crippen molar-refractivity contribution in [1.29, 1.82) is 0 Å². The lowest BCUT2D eigenvalue weighted by Gasteiger charge is -1.99. The monoisotopic (exact) mass is 356 g/mol. The fourth-order valence-electron chi connectivity index (χ4n) is 2.27. The van der Waals surface area contributed by atoms with Crippen LogP contribution in [0.25, 0.3) is 17.4 Å². The van der Waals surface area contributed by atoms with Gasteiger partial charge in [-0.3, -0.25) is 4.79 Å². The molecule has 0 unspecified atom stereocenters. The molecule has 0 saturated heterocycles. The van der Waals surface area contributed by atoms with Crippen LogP contribution in [0.5, 0.6) is 0 Å². The van der Waals surface area contributed by atoms with Crippen molar-refractivity contribution in [2.45, 2.75) is 6.92 Å². The van der Waals surface area contributed by atoms with E-state index in [1.807, 2.05) is 37.3 Å². The van der Waals surface area contributed by atoms with E-state index in [0.29, 0.717) is 27.1 Å². The summed E-state index contributed by atoms with van der Waals surface area (Å²) in [5, 5.41) is 1.08. The Kier molecular flexibility index (Phi) is 4.89. The Labute approximate surface area is 150 Å². The third kappa shape index (κ3) is 3.97. The van der Waals surface area contributed by atoms with Crippen molar-refractivity contribution in [2.24, 2.45) is 0 Å². The quantitative estimate of drug-likeness (QED) is 0.396. The van der Waals surface area contributed by atoms with Gasteiger partial charge < -0.3 is 4.42 Å². The summed E-state index contributed by atoms with van der Waals surface area (Å²) in [6.07, 6.45) is 3.15. The molecule has 3 aromatic rings. The molecule has 2 nitrogen and oxygen atoms in total. The Morgan fingerprint density at radius 2 is 1.62 bits per heavy atom. The van der Waals surface area contributed by atoms with Gasteiger partial charge in [-0.25, -0.2) is 0 Å². The lowest BCUT2D eigenvalue weighted by molar-refractivity contribution is 0.104. The van der Waals surface area contributed by atoms with Crippen molar-refractivity contribution in [1.82, 2.24) is 0 Å². The number of allylic oxidation sites excluding steroid dienone is 1. The van der Waals surface area contributed by atoms with E-state index in [0.717, 1.165) is 11.1 Å². The number of benzene rings is 2. The SMILES string of the molecule is Cc1ccc(C(=O)C=Cc2ccc(-c3cc(Cl)cc(Cl)c3)o2)cc1. The summed E-state index contributed by atoms with van der Waals surface area (Å²) in [5.74, 6) is 1.15. The molecule has 0 aliphatic heterocycles. The molecule has 0 fully saturated rings. The largest absolute Gasteiger partial charge is 0.457 e. The predicted molar refractivity (Wildman–Crippen MR) is 98.7 cm³/mol. The number of furan rings is 1. The zero-order valence-corrected chi connectivity index (χ0v) is 14.4. The van der Waals surface area contributed by atoms with Crippen LogP contribution in [0.15, 0.2) is 65.1 Å². The fraction of sp³-hybridized carbons (Fsp3) is 0.0500. The molecule has 1 heterocycles. The van der Waals surface area contributed by atoms with E-state index < -0.39 is 0 Å². The highest BCUT2D eigenvalue weighted by molar-refractivity contribution is 6.35. The first kappa shape index (κ1) is 16.6. The van der Waals surface area contributed by atoms with Crippen molar-refractivity contribution in [2.75, 3.05) is 0 Å². The van der Waals surface area contributed by atoms with Crippen LogP contribution in [-0.2, 0) is 0 Å². The van der Waals surface area contributed by atoms with Gasteiger partial charge in [-0.1, -0.05) is 53.0 Å². The van der Waals surface area contributed by atoms with Crippen molar-refractivity contribution in [3.63, 3.8) is 0 Å². The molecule has 0 bridgehead atoms. The maximum Gasteiger partial charge on any atom is 0.185 e. The Morgan fingerprint density at radius 3 is 2.29 bits per heavy atom. The lowest BCUT2D eigenvalue weighted by Crippen LogP contribution is -1.93. The maximum atomic E-state index is 12.1. The second kappa shape index (κ2) is 7.08. The van der Waals surface area contributed by atoms with E-state index in [2.05, 4.69) is 0 Å². The Morgan fingerprint density at radius 1 is 0.958 bits per heavy atom. The van der Waals surface area contributed by atoms with Crippen LogP contribution in [0.1, 0.15) is 21.7 Å². The first-order valence-corrected chi connectivity index (χ1v) is 8.12. The Bertz CT molecular complexity index is 885. The third-order valence-corrected chi connectivity index (χ3v) is 3.95. The van der Waals surface area contributed by atoms with E-state index in [-0.39, 0.29) is 5.78 Å². The summed E-state index contributed by atoms with van der Waals surface area (Å²) in [6.45, 7) is 1.98. The summed E-state index contributed by atoms with van der Waals surface area (Å²) in [4.78, 5) is 12.1. The Hall–Kier alpha value is -2.29. The van der Waals surface area contributed by atoms with Gasteiger partial charge in [0.1, 0.15) is 11.5 Å². The second-order valence-electron chi connectivity index (χ2n) is 5.42. The predicted octanol–water partition coefficient (Wildman–Crippen LogP) is 6.46. The third-order valence-electron chi connectivity index (χ3n) is 3.51. The molecule has 0 amide bonds. The Balaban J connectivity index is 1.78. The van der Waals surface area contributed by atoms with Crippen LogP contribution in [0.3, 0.4) is 0 Å². The molecule has 0 atom stereocenters. The molecular weight excluding hydrogens is 343 g/mol. The van der Waals surface area contributed by atoms with Crippen LogP contribution in [0, 0.1) is 6.92 Å². The average molecular weight is 357 g/mol. The molecule has 4 heteroatoms. The number of hydrogen-bond donors (Lipinski definition) is 0. The maximum absolute atomic E-state index is 12.1. The van der Waals surface area contributed by atoms with Gasteiger partial charge in [0.15, 0.2) is 5.78 Å². The van der Waals surface area contributed by atoms with Crippen LogP contribution in [-0.4, -0.2) is 5.78 Å². The van der Waals surface area contributed by atoms with Crippen molar-refractivity contribution in [3.05, 3.63) is 87.6 Å². The van der Waals surface area contributed by atoms with Crippen LogP contribution in [0.2, 0.25) is 10.0 Å². The van der Waals surface area contributed by atoms with Crippen LogP contribution < -0.4 is 0 Å². The summed E-state index contributed by atoms with van der Waals surface area (Å²) in [7, 11) is 0. The van der Waals surface area contributed by atoms with Gasteiger partial charge in [-0.05, 0) is 49.4 Å². The number of hydrogen-bond acceptors (Lipinski definition) is 2. The minimum Gasteiger partial charge on any atom is -0.457 e. The summed E-state index contributed by atoms with van der Waals surface area (Å²) >= 11 is 12.0. The summed E-state index contributed by atoms with van der Waals surface area (Å²) in [5.41, 5.74) is 2.55. The van der Waals surface area contributed by atoms with E-state index in [1.54, 1.807) is 30.3 Å². The van der Waals surface area contributed by atoms with Gasteiger partial charge in [0.2, 0.25) is 0 Å². The first-order chi connectivity index (χ1) is 11.5. The summed E-state index contributed by atoms with van der Waals surface area (Å²) in [6, 6.07) is 16.3. The van der Waals surface area contributed by atoms with Crippen molar-refractivity contribution in [3.8, 4) is 11.3 Å². The number of carbonyl (C=O) groups excluding carboxylic acids is 1. The van der Waals surface area contributed by atoms with Gasteiger partial charge in [-0.2, -0.15) is 0 Å². The van der Waals surface area contributed by atoms with Crippen LogP contribution >= 0.6 is 23.2 Å². The first-order valence-electron chi connectivity index (χ1n) is 7.37. The zero-order valence-electron chi connectivity index (χ0n) is 12.9. The lowest BCUT2D eigenvalue weighted by atomic mass is 10.1. The highest BCUT2D eigenvalue weighted by atomic mass is 35.5. The van der Waals surface area contributed by atoms with E-state index >= 15 is 0 Å². The second-order valence-corrected chi connectivity index (χ2v) is 6.30. The van der Waals surface area contributed by atoms with E-state index in [1.165, 1.54) is 6.08 Å². The molecule has 2 aromatic carbocycles. The minimum absolute atomic E-state index is 0.0706. The number of rotatable bonds is 4. The molecule has 0 saturated carbocycles. The molecule has 0 radical (unpaired) electrons. The van der Waals surface area contributed by atoms with Gasteiger partial charge in [0, 0.05) is 21.2 Å². The number of halogens is 2. The standard InChI is InChI=1S/C20H14Cl2O2/c1-13-2-4-14(5-3-13)19(23)8-6-18-7-9-20(24-18)15-10-16(21)12-17(22)11-15/h2-12H,1H3. The normalized spacial score (nSPS) is 11.1. The molecule has 0 aliphatic carbocycles. The van der Waals surface area contributed by atoms with Gasteiger partial charge in [-0.15, -0.1) is 0 Å². The molecule has 120 valence electrons. The molecule has 1 aromatic heterocycles. The van der Waals surface area contributed by atoms with Crippen molar-refractivity contribution >= 4 is 35.1 Å². The van der Waals surface area contributed by atoms with Crippen LogP contribution in [0.4, 0.5) is 0 Å². The fourth-order valence-corrected chi connectivity index (χ4v) is 2.79. The topological polar surface area (TPSA) is 30.2 Å². The molecule has 3 rings (SSSR count). The van der Waals surface area contributed by atoms with Gasteiger partial charge >= 0.3 is 0 Å². The smallest absolute Gasteiger partial charge is 0.185 e. The molecule has 0 N–H and O–H groups in total. The van der Waals surface area contributed by atoms with Gasteiger partial charge in [0.05, 0.1) is 0 Å². The zero-order chi connectivity index (χ0) is 17.1. The van der Waals surface area contributed by atoms with Gasteiger partial charge in [0.25, 0.3) is 0 Å². The minimum atomic E-state index is -0.0706. The summed E-state index contributed by atoms with van der Waals surface area (Å²) < 4.78 is 5.73. The highest BCUT2D eigenvalue weighted by Crippen LogP contribution is 2.28. The van der Waals surface area contributed by atoms with E-state index in [4.69, 9.17) is 27.6 Å². The average Bonchev–Trinajstić information content (AvgIpc) is 3.01. The highest BCUT2D eigenvalue weighted by Gasteiger charge is 2.06. The molecule has 0 spiro atoms. The molecule has 0 aliphatic rings. The van der Waals surface area contributed by atoms with E-state index in [9.17, 15) is 4.79 Å².